The molecule has 0 bridgehead atoms. The van der Waals surface area contributed by atoms with Gasteiger partial charge in [0.25, 0.3) is 0 Å². The van der Waals surface area contributed by atoms with Crippen LogP contribution in [-0.2, 0) is 16.1 Å². The lowest BCUT2D eigenvalue weighted by molar-refractivity contribution is -0.133. The zero-order valence-electron chi connectivity index (χ0n) is 16.7. The normalized spacial score (nSPS) is 17.1. The highest BCUT2D eigenvalue weighted by Gasteiger charge is 2.27. The van der Waals surface area contributed by atoms with Crippen molar-refractivity contribution in [3.8, 4) is 0 Å². The van der Waals surface area contributed by atoms with E-state index < -0.39 is 0 Å². The molecule has 0 saturated carbocycles. The number of likely N-dealkylation sites (tertiary alicyclic amines) is 1. The number of likely N-dealkylation sites (N-methyl/N-ethyl adjacent to an activating group) is 1. The van der Waals surface area contributed by atoms with E-state index in [1.807, 2.05) is 37.4 Å². The molecule has 0 spiro atoms. The maximum Gasteiger partial charge on any atom is 0.236 e. The lowest BCUT2D eigenvalue weighted by Gasteiger charge is -2.32. The van der Waals surface area contributed by atoms with Gasteiger partial charge in [-0.2, -0.15) is 0 Å². The minimum atomic E-state index is -0.0795. The van der Waals surface area contributed by atoms with Crippen LogP contribution in [-0.4, -0.2) is 48.3 Å². The van der Waals surface area contributed by atoms with Crippen LogP contribution < -0.4 is 5.32 Å². The van der Waals surface area contributed by atoms with E-state index >= 15 is 0 Å². The third-order valence-electron chi connectivity index (χ3n) is 5.24. The van der Waals surface area contributed by atoms with E-state index in [4.69, 9.17) is 0 Å². The highest BCUT2D eigenvalue weighted by Crippen LogP contribution is 2.19. The van der Waals surface area contributed by atoms with Crippen LogP contribution in [0.4, 0.5) is 5.69 Å². The van der Waals surface area contributed by atoms with Crippen molar-refractivity contribution >= 4 is 17.5 Å². The first-order valence-corrected chi connectivity index (χ1v) is 9.89. The molecule has 1 atom stereocenters. The van der Waals surface area contributed by atoms with Gasteiger partial charge in [0.2, 0.25) is 11.8 Å². The van der Waals surface area contributed by atoms with Crippen LogP contribution in [0, 0.1) is 12.8 Å². The van der Waals surface area contributed by atoms with Gasteiger partial charge in [-0.3, -0.25) is 14.5 Å². The van der Waals surface area contributed by atoms with Crippen LogP contribution in [0.1, 0.15) is 24.0 Å². The minimum absolute atomic E-state index is 0.0383. The fourth-order valence-corrected chi connectivity index (χ4v) is 3.55. The number of aryl methyl sites for hydroxylation is 1. The SMILES string of the molecule is Cc1ccc(CN(C)C(=O)CN2CCCC(C(=O)Nc3ccccc3)C2)cc1. The Balaban J connectivity index is 1.50. The van der Waals surface area contributed by atoms with E-state index in [0.29, 0.717) is 19.6 Å². The second kappa shape index (κ2) is 9.51. The average molecular weight is 380 g/mol. The second-order valence-corrected chi connectivity index (χ2v) is 7.66. The summed E-state index contributed by atoms with van der Waals surface area (Å²) in [6.07, 6.45) is 1.80. The first-order chi connectivity index (χ1) is 13.5. The third kappa shape index (κ3) is 5.67. The van der Waals surface area contributed by atoms with Gasteiger partial charge >= 0.3 is 0 Å². The number of carbonyl (C=O) groups is 2. The van der Waals surface area contributed by atoms with Crippen LogP contribution in [0.5, 0.6) is 0 Å². The highest BCUT2D eigenvalue weighted by molar-refractivity contribution is 5.92. The van der Waals surface area contributed by atoms with E-state index in [9.17, 15) is 9.59 Å². The summed E-state index contributed by atoms with van der Waals surface area (Å²) in [7, 11) is 1.84. The van der Waals surface area contributed by atoms with Crippen molar-refractivity contribution in [2.75, 3.05) is 32.0 Å². The predicted molar refractivity (Wildman–Crippen MR) is 112 cm³/mol. The molecule has 2 aromatic rings. The molecule has 1 fully saturated rings. The van der Waals surface area contributed by atoms with E-state index in [1.54, 1.807) is 4.90 Å². The van der Waals surface area contributed by atoms with Gasteiger partial charge < -0.3 is 10.2 Å². The Morgan fingerprint density at radius 3 is 2.54 bits per heavy atom. The van der Waals surface area contributed by atoms with Crippen molar-refractivity contribution in [3.05, 3.63) is 65.7 Å². The van der Waals surface area contributed by atoms with Crippen molar-refractivity contribution in [1.29, 1.82) is 0 Å². The maximum absolute atomic E-state index is 12.6. The minimum Gasteiger partial charge on any atom is -0.340 e. The molecule has 1 unspecified atom stereocenters. The third-order valence-corrected chi connectivity index (χ3v) is 5.24. The van der Waals surface area contributed by atoms with E-state index in [0.717, 1.165) is 30.6 Å². The largest absolute Gasteiger partial charge is 0.340 e. The molecule has 1 saturated heterocycles. The van der Waals surface area contributed by atoms with Crippen molar-refractivity contribution < 1.29 is 9.59 Å². The zero-order valence-corrected chi connectivity index (χ0v) is 16.7. The molecule has 0 aliphatic carbocycles. The van der Waals surface area contributed by atoms with E-state index in [1.165, 1.54) is 5.56 Å². The second-order valence-electron chi connectivity index (χ2n) is 7.66. The van der Waals surface area contributed by atoms with Gasteiger partial charge in [0, 0.05) is 25.8 Å². The molecule has 5 nitrogen and oxygen atoms in total. The number of nitrogens with zero attached hydrogens (tertiary/aromatic N) is 2. The molecule has 148 valence electrons. The van der Waals surface area contributed by atoms with E-state index in [2.05, 4.69) is 41.4 Å². The number of anilines is 1. The monoisotopic (exact) mass is 379 g/mol. The summed E-state index contributed by atoms with van der Waals surface area (Å²) in [5.41, 5.74) is 3.16. The number of amides is 2. The smallest absolute Gasteiger partial charge is 0.236 e. The van der Waals surface area contributed by atoms with Gasteiger partial charge in [-0.05, 0) is 44.0 Å². The van der Waals surface area contributed by atoms with Gasteiger partial charge in [0.15, 0.2) is 0 Å². The Bertz CT molecular complexity index is 789. The fourth-order valence-electron chi connectivity index (χ4n) is 3.55. The molecule has 1 heterocycles. The van der Waals surface area contributed by atoms with Gasteiger partial charge in [-0.1, -0.05) is 48.0 Å². The Hall–Kier alpha value is -2.66. The summed E-state index contributed by atoms with van der Waals surface area (Å²) in [5.74, 6) is 0.0465. The van der Waals surface area contributed by atoms with Crippen molar-refractivity contribution in [2.24, 2.45) is 5.92 Å². The van der Waals surface area contributed by atoms with Crippen molar-refractivity contribution in [3.63, 3.8) is 0 Å². The predicted octanol–water partition coefficient (Wildman–Crippen LogP) is 3.30. The molecular weight excluding hydrogens is 350 g/mol. The number of para-hydroxylation sites is 1. The van der Waals surface area contributed by atoms with Gasteiger partial charge in [0.1, 0.15) is 0 Å². The molecule has 0 radical (unpaired) electrons. The number of benzene rings is 2. The lowest BCUT2D eigenvalue weighted by atomic mass is 9.97. The molecule has 5 heteroatoms. The lowest BCUT2D eigenvalue weighted by Crippen LogP contribution is -2.45. The van der Waals surface area contributed by atoms with Gasteiger partial charge in [0.05, 0.1) is 12.5 Å². The quantitative estimate of drug-likeness (QED) is 0.838. The standard InChI is InChI=1S/C23H29N3O2/c1-18-10-12-19(13-11-18)15-25(2)22(27)17-26-14-6-7-20(16-26)23(28)24-21-8-4-3-5-9-21/h3-5,8-13,20H,6-7,14-17H2,1-2H3,(H,24,28). The molecule has 1 N–H and O–H groups in total. The molecule has 28 heavy (non-hydrogen) atoms. The summed E-state index contributed by atoms with van der Waals surface area (Å²) in [6.45, 7) is 4.50. The van der Waals surface area contributed by atoms with Crippen LogP contribution in [0.15, 0.2) is 54.6 Å². The Morgan fingerprint density at radius 1 is 1.11 bits per heavy atom. The van der Waals surface area contributed by atoms with Gasteiger partial charge in [-0.25, -0.2) is 0 Å². The number of hydrogen-bond donors (Lipinski definition) is 1. The molecule has 2 amide bonds. The average Bonchev–Trinajstić information content (AvgIpc) is 2.70. The summed E-state index contributed by atoms with van der Waals surface area (Å²) in [4.78, 5) is 29.1. The zero-order chi connectivity index (χ0) is 19.9. The van der Waals surface area contributed by atoms with Crippen molar-refractivity contribution in [1.82, 2.24) is 9.80 Å². The first-order valence-electron chi connectivity index (χ1n) is 9.89. The van der Waals surface area contributed by atoms with Gasteiger partial charge in [-0.15, -0.1) is 0 Å². The highest BCUT2D eigenvalue weighted by atomic mass is 16.2. The topological polar surface area (TPSA) is 52.7 Å². The van der Waals surface area contributed by atoms with Crippen molar-refractivity contribution in [2.45, 2.75) is 26.3 Å². The Kier molecular flexibility index (Phi) is 6.82. The van der Waals surface area contributed by atoms with Crippen LogP contribution in [0.3, 0.4) is 0 Å². The first kappa shape index (κ1) is 20.1. The maximum atomic E-state index is 12.6. The van der Waals surface area contributed by atoms with Crippen LogP contribution in [0.2, 0.25) is 0 Å². The van der Waals surface area contributed by atoms with E-state index in [-0.39, 0.29) is 17.7 Å². The molecule has 1 aliphatic rings. The molecule has 2 aromatic carbocycles. The molecule has 3 rings (SSSR count). The fraction of sp³-hybridized carbons (Fsp3) is 0.391. The molecule has 0 aromatic heterocycles. The number of nitrogens with one attached hydrogen (secondary N) is 1. The number of piperidine rings is 1. The summed E-state index contributed by atoms with van der Waals surface area (Å²) in [5, 5.41) is 2.98. The summed E-state index contributed by atoms with van der Waals surface area (Å²) in [6, 6.07) is 17.8. The number of hydrogen-bond acceptors (Lipinski definition) is 3. The van der Waals surface area contributed by atoms with Crippen LogP contribution >= 0.6 is 0 Å². The Labute approximate surface area is 167 Å². The van der Waals surface area contributed by atoms with Crippen LogP contribution in [0.25, 0.3) is 0 Å². The summed E-state index contributed by atoms with van der Waals surface area (Å²) < 4.78 is 0. The molecular formula is C23H29N3O2. The molecule has 1 aliphatic heterocycles. The number of rotatable bonds is 6. The Morgan fingerprint density at radius 2 is 1.82 bits per heavy atom. The number of carbonyl (C=O) groups excluding carboxylic acids is 2. The summed E-state index contributed by atoms with van der Waals surface area (Å²) >= 11 is 0.